The van der Waals surface area contributed by atoms with E-state index >= 15 is 0 Å². The number of aromatic nitrogens is 4. The highest BCUT2D eigenvalue weighted by atomic mass is 16.5. The quantitative estimate of drug-likeness (QED) is 0.588. The van der Waals surface area contributed by atoms with Gasteiger partial charge in [0, 0.05) is 13.6 Å². The Bertz CT molecular complexity index is 1110. The molecule has 0 aliphatic rings. The maximum Gasteiger partial charge on any atom is 0.330 e. The Balaban J connectivity index is 1.88. The van der Waals surface area contributed by atoms with Crippen molar-refractivity contribution in [3.05, 3.63) is 62.6 Å². The van der Waals surface area contributed by atoms with E-state index in [-0.39, 0.29) is 18.5 Å². The number of aromatic amines is 1. The van der Waals surface area contributed by atoms with Crippen molar-refractivity contribution >= 4 is 17.1 Å². The molecule has 0 radical (unpaired) electrons. The van der Waals surface area contributed by atoms with Gasteiger partial charge in [0.15, 0.2) is 11.2 Å². The maximum atomic E-state index is 12.6. The van der Waals surface area contributed by atoms with Crippen LogP contribution in [0.4, 0.5) is 0 Å². The molecule has 154 valence electrons. The maximum absolute atomic E-state index is 12.6. The van der Waals surface area contributed by atoms with Crippen LogP contribution in [0.15, 0.2) is 39.9 Å². The van der Waals surface area contributed by atoms with Gasteiger partial charge in [0.05, 0.1) is 5.92 Å². The van der Waals surface area contributed by atoms with Gasteiger partial charge in [-0.05, 0) is 18.4 Å². The van der Waals surface area contributed by atoms with Crippen molar-refractivity contribution in [1.29, 1.82) is 0 Å². The van der Waals surface area contributed by atoms with Crippen molar-refractivity contribution in [2.24, 2.45) is 7.05 Å². The van der Waals surface area contributed by atoms with E-state index in [0.717, 1.165) is 18.4 Å². The summed E-state index contributed by atoms with van der Waals surface area (Å²) < 4.78 is 8.55. The molecule has 2 aromatic heterocycles. The van der Waals surface area contributed by atoms with Gasteiger partial charge in [0.25, 0.3) is 5.56 Å². The summed E-state index contributed by atoms with van der Waals surface area (Å²) in [6, 6.07) is 9.47. The first-order chi connectivity index (χ1) is 14.0. The first kappa shape index (κ1) is 20.6. The molecule has 2 heterocycles. The van der Waals surface area contributed by atoms with E-state index in [1.54, 1.807) is 11.6 Å². The largest absolute Gasteiger partial charge is 0.457 e. The van der Waals surface area contributed by atoms with Crippen LogP contribution in [-0.2, 0) is 29.7 Å². The van der Waals surface area contributed by atoms with Crippen LogP contribution < -0.4 is 11.2 Å². The summed E-state index contributed by atoms with van der Waals surface area (Å²) in [6.45, 7) is 4.34. The number of unbranched alkanes of at least 4 members (excludes halogenated alkanes) is 1. The van der Waals surface area contributed by atoms with E-state index < -0.39 is 11.2 Å². The molecule has 0 saturated heterocycles. The lowest BCUT2D eigenvalue weighted by Crippen LogP contribution is -2.31. The molecule has 3 aromatic rings. The van der Waals surface area contributed by atoms with E-state index in [1.165, 1.54) is 4.57 Å². The molecule has 8 nitrogen and oxygen atoms in total. The Morgan fingerprint density at radius 1 is 1.21 bits per heavy atom. The lowest BCUT2D eigenvalue weighted by Gasteiger charge is -2.14. The molecule has 29 heavy (non-hydrogen) atoms. The molecule has 0 amide bonds. The zero-order chi connectivity index (χ0) is 21.0. The Labute approximate surface area is 168 Å². The van der Waals surface area contributed by atoms with Crippen LogP contribution in [0.1, 0.15) is 50.4 Å². The summed E-state index contributed by atoms with van der Waals surface area (Å²) in [6.07, 6.45) is 2.31. The average Bonchev–Trinajstić information content (AvgIpc) is 3.04. The lowest BCUT2D eigenvalue weighted by atomic mass is 9.97. The second-order valence-corrected chi connectivity index (χ2v) is 7.00. The second-order valence-electron chi connectivity index (χ2n) is 7.00. The third kappa shape index (κ3) is 4.16. The van der Waals surface area contributed by atoms with Crippen LogP contribution in [0.2, 0.25) is 0 Å². The fraction of sp³-hybridized carbons (Fsp3) is 0.429. The first-order valence-corrected chi connectivity index (χ1v) is 9.87. The summed E-state index contributed by atoms with van der Waals surface area (Å²) in [5.41, 5.74) is 0.529. The molecule has 1 atom stereocenters. The fourth-order valence-corrected chi connectivity index (χ4v) is 3.40. The molecule has 0 aliphatic heterocycles. The van der Waals surface area contributed by atoms with Gasteiger partial charge in [0.1, 0.15) is 12.4 Å². The topological polar surface area (TPSA) is 99.0 Å². The van der Waals surface area contributed by atoms with Gasteiger partial charge in [-0.3, -0.25) is 19.1 Å². The fourth-order valence-electron chi connectivity index (χ4n) is 3.40. The Hall–Kier alpha value is -3.16. The van der Waals surface area contributed by atoms with Crippen molar-refractivity contribution in [3.8, 4) is 0 Å². The standard InChI is InChI=1S/C21H26N4O4/c1-4-6-12-25-18-17(19(26)23-21(25)28)24(3)16(22-18)13-29-20(27)15(5-2)14-10-8-7-9-11-14/h7-11,15H,4-6,12-13H2,1-3H3,(H,23,26,28)/t15-/m1/s1. The Morgan fingerprint density at radius 2 is 1.93 bits per heavy atom. The number of carbonyl (C=O) groups excluding carboxylic acids is 1. The number of H-pyrrole nitrogens is 1. The third-order valence-electron chi connectivity index (χ3n) is 5.08. The van der Waals surface area contributed by atoms with Gasteiger partial charge in [-0.15, -0.1) is 0 Å². The Morgan fingerprint density at radius 3 is 2.59 bits per heavy atom. The minimum absolute atomic E-state index is 0.0746. The van der Waals surface area contributed by atoms with E-state index in [2.05, 4.69) is 9.97 Å². The van der Waals surface area contributed by atoms with E-state index in [1.807, 2.05) is 44.2 Å². The van der Waals surface area contributed by atoms with Crippen LogP contribution >= 0.6 is 0 Å². The molecule has 8 heteroatoms. The van der Waals surface area contributed by atoms with Gasteiger partial charge in [0.2, 0.25) is 0 Å². The number of ether oxygens (including phenoxy) is 1. The van der Waals surface area contributed by atoms with Crippen LogP contribution in [-0.4, -0.2) is 25.1 Å². The number of esters is 1. The number of benzene rings is 1. The first-order valence-electron chi connectivity index (χ1n) is 9.87. The van der Waals surface area contributed by atoms with Crippen molar-refractivity contribution in [2.75, 3.05) is 0 Å². The number of nitrogens with zero attached hydrogens (tertiary/aromatic N) is 3. The number of rotatable bonds is 8. The molecule has 1 N–H and O–H groups in total. The normalized spacial score (nSPS) is 12.2. The van der Waals surface area contributed by atoms with Gasteiger partial charge in [-0.25, -0.2) is 9.78 Å². The van der Waals surface area contributed by atoms with E-state index in [0.29, 0.717) is 30.0 Å². The lowest BCUT2D eigenvalue weighted by molar-refractivity contribution is -0.147. The molecule has 0 unspecified atom stereocenters. The molecule has 0 aliphatic carbocycles. The minimum atomic E-state index is -0.499. The van der Waals surface area contributed by atoms with Crippen molar-refractivity contribution < 1.29 is 9.53 Å². The molecular formula is C21H26N4O4. The third-order valence-corrected chi connectivity index (χ3v) is 5.08. The monoisotopic (exact) mass is 398 g/mol. The number of imidazole rings is 1. The molecule has 0 spiro atoms. The van der Waals surface area contributed by atoms with Gasteiger partial charge < -0.3 is 9.30 Å². The van der Waals surface area contributed by atoms with Gasteiger partial charge in [-0.1, -0.05) is 50.6 Å². The summed E-state index contributed by atoms with van der Waals surface area (Å²) in [5, 5.41) is 0. The molecular weight excluding hydrogens is 372 g/mol. The molecule has 0 fully saturated rings. The van der Waals surface area contributed by atoms with Gasteiger partial charge in [-0.2, -0.15) is 0 Å². The van der Waals surface area contributed by atoms with Crippen LogP contribution in [0.3, 0.4) is 0 Å². The number of fused-ring (bicyclic) bond motifs is 1. The molecule has 3 rings (SSSR count). The zero-order valence-electron chi connectivity index (χ0n) is 17.0. The van der Waals surface area contributed by atoms with Crippen LogP contribution in [0.5, 0.6) is 0 Å². The van der Waals surface area contributed by atoms with E-state index in [4.69, 9.17) is 4.74 Å². The number of carbonyl (C=O) groups is 1. The molecule has 0 saturated carbocycles. The smallest absolute Gasteiger partial charge is 0.330 e. The average molecular weight is 398 g/mol. The molecule has 1 aromatic carbocycles. The number of nitrogens with one attached hydrogen (secondary N) is 1. The van der Waals surface area contributed by atoms with Crippen LogP contribution in [0, 0.1) is 0 Å². The molecule has 0 bridgehead atoms. The van der Waals surface area contributed by atoms with Crippen molar-refractivity contribution in [3.63, 3.8) is 0 Å². The highest BCUT2D eigenvalue weighted by Crippen LogP contribution is 2.21. The summed E-state index contributed by atoms with van der Waals surface area (Å²) in [5.74, 6) is -0.294. The second kappa shape index (κ2) is 8.89. The predicted molar refractivity (Wildman–Crippen MR) is 110 cm³/mol. The number of hydrogen-bond donors (Lipinski definition) is 1. The summed E-state index contributed by atoms with van der Waals surface area (Å²) in [7, 11) is 1.68. The van der Waals surface area contributed by atoms with Gasteiger partial charge >= 0.3 is 11.7 Å². The zero-order valence-corrected chi connectivity index (χ0v) is 17.0. The highest BCUT2D eigenvalue weighted by molar-refractivity contribution is 5.78. The SMILES string of the molecule is CCCCn1c(=O)[nH]c(=O)c2c1nc(COC(=O)[C@H](CC)c1ccccc1)n2C. The summed E-state index contributed by atoms with van der Waals surface area (Å²) in [4.78, 5) is 43.9. The van der Waals surface area contributed by atoms with Crippen molar-refractivity contribution in [2.45, 2.75) is 52.2 Å². The number of hydrogen-bond acceptors (Lipinski definition) is 5. The minimum Gasteiger partial charge on any atom is -0.457 e. The number of aryl methyl sites for hydroxylation is 2. The summed E-state index contributed by atoms with van der Waals surface area (Å²) >= 11 is 0. The van der Waals surface area contributed by atoms with Crippen LogP contribution in [0.25, 0.3) is 11.2 Å². The van der Waals surface area contributed by atoms with Crippen molar-refractivity contribution in [1.82, 2.24) is 19.1 Å². The highest BCUT2D eigenvalue weighted by Gasteiger charge is 2.22. The predicted octanol–water partition coefficient (Wildman–Crippen LogP) is 2.46. The Kier molecular flexibility index (Phi) is 6.31. The van der Waals surface area contributed by atoms with E-state index in [9.17, 15) is 14.4 Å².